The Morgan fingerprint density at radius 3 is 2.64 bits per heavy atom. The molecule has 64 valence electrons. The van der Waals surface area contributed by atoms with Gasteiger partial charge in [0.2, 0.25) is 0 Å². The third-order valence-electron chi connectivity index (χ3n) is 2.90. The summed E-state index contributed by atoms with van der Waals surface area (Å²) in [5, 5.41) is 8.95. The molecule has 1 fully saturated rings. The van der Waals surface area contributed by atoms with Gasteiger partial charge in [0, 0.05) is 6.04 Å². The van der Waals surface area contributed by atoms with E-state index >= 15 is 0 Å². The van der Waals surface area contributed by atoms with E-state index in [4.69, 9.17) is 10.8 Å². The molecule has 1 saturated carbocycles. The van der Waals surface area contributed by atoms with Crippen molar-refractivity contribution < 1.29 is 9.90 Å². The van der Waals surface area contributed by atoms with E-state index in [9.17, 15) is 4.79 Å². The first-order chi connectivity index (χ1) is 5.13. The smallest absolute Gasteiger partial charge is 0.311 e. The Morgan fingerprint density at radius 1 is 1.82 bits per heavy atom. The van der Waals surface area contributed by atoms with Gasteiger partial charge in [-0.1, -0.05) is 13.3 Å². The minimum absolute atomic E-state index is 0.134. The predicted molar refractivity (Wildman–Crippen MR) is 42.2 cm³/mol. The number of hydrogen-bond donors (Lipinski definition) is 2. The lowest BCUT2D eigenvalue weighted by Gasteiger charge is -2.26. The van der Waals surface area contributed by atoms with Crippen LogP contribution in [0, 0.1) is 5.41 Å². The average molecular weight is 157 g/mol. The van der Waals surface area contributed by atoms with Gasteiger partial charge in [-0.25, -0.2) is 0 Å². The second-order valence-corrected chi connectivity index (χ2v) is 3.31. The van der Waals surface area contributed by atoms with Gasteiger partial charge in [-0.05, 0) is 19.3 Å². The molecule has 1 aliphatic carbocycles. The maximum atomic E-state index is 10.9. The topological polar surface area (TPSA) is 63.3 Å². The van der Waals surface area contributed by atoms with Crippen LogP contribution in [-0.2, 0) is 4.79 Å². The van der Waals surface area contributed by atoms with E-state index in [0.717, 1.165) is 19.3 Å². The van der Waals surface area contributed by atoms with Crippen molar-refractivity contribution in [1.29, 1.82) is 0 Å². The summed E-state index contributed by atoms with van der Waals surface area (Å²) < 4.78 is 0. The van der Waals surface area contributed by atoms with E-state index in [1.807, 2.05) is 6.92 Å². The molecule has 0 saturated heterocycles. The Bertz CT molecular complexity index is 169. The molecule has 0 radical (unpaired) electrons. The van der Waals surface area contributed by atoms with Crippen LogP contribution in [0.2, 0.25) is 0 Å². The maximum absolute atomic E-state index is 10.9. The molecule has 0 aromatic rings. The highest BCUT2D eigenvalue weighted by atomic mass is 16.4. The molecule has 0 aliphatic heterocycles. The van der Waals surface area contributed by atoms with Crippen LogP contribution in [0.25, 0.3) is 0 Å². The fourth-order valence-electron chi connectivity index (χ4n) is 1.95. The van der Waals surface area contributed by atoms with Crippen LogP contribution in [0.15, 0.2) is 0 Å². The number of carboxylic acids is 1. The summed E-state index contributed by atoms with van der Waals surface area (Å²) in [5.74, 6) is -0.718. The standard InChI is InChI=1S/C8H15NO2/c1-2-8(7(10)11)5-3-4-6(8)9/h6H,2-5,9H2,1H3,(H,10,11). The Labute approximate surface area is 66.6 Å². The molecule has 0 aromatic heterocycles. The van der Waals surface area contributed by atoms with Crippen molar-refractivity contribution in [1.82, 2.24) is 0 Å². The third kappa shape index (κ3) is 1.13. The molecule has 3 N–H and O–H groups in total. The highest BCUT2D eigenvalue weighted by molar-refractivity contribution is 5.76. The van der Waals surface area contributed by atoms with E-state index in [1.54, 1.807) is 0 Å². The summed E-state index contributed by atoms with van der Waals surface area (Å²) in [6.45, 7) is 1.90. The van der Waals surface area contributed by atoms with Gasteiger partial charge < -0.3 is 10.8 Å². The Kier molecular flexibility index (Phi) is 2.18. The number of aliphatic carboxylic acids is 1. The fraction of sp³-hybridized carbons (Fsp3) is 0.875. The molecule has 3 heteroatoms. The second-order valence-electron chi connectivity index (χ2n) is 3.31. The lowest BCUT2D eigenvalue weighted by molar-refractivity contribution is -0.149. The Morgan fingerprint density at radius 2 is 2.45 bits per heavy atom. The van der Waals surface area contributed by atoms with Crippen molar-refractivity contribution in [2.45, 2.75) is 38.6 Å². The molecule has 0 aromatic carbocycles. The summed E-state index contributed by atoms with van der Waals surface area (Å²) >= 11 is 0. The predicted octanol–water partition coefficient (Wildman–Crippen LogP) is 0.979. The zero-order valence-corrected chi connectivity index (χ0v) is 6.84. The van der Waals surface area contributed by atoms with Crippen LogP contribution in [0.1, 0.15) is 32.6 Å². The van der Waals surface area contributed by atoms with Gasteiger partial charge in [0.05, 0.1) is 5.41 Å². The molecular formula is C8H15NO2. The third-order valence-corrected chi connectivity index (χ3v) is 2.90. The Hall–Kier alpha value is -0.570. The lowest BCUT2D eigenvalue weighted by atomic mass is 9.80. The molecule has 1 rings (SSSR count). The van der Waals surface area contributed by atoms with Gasteiger partial charge in [-0.2, -0.15) is 0 Å². The van der Waals surface area contributed by atoms with Crippen LogP contribution in [-0.4, -0.2) is 17.1 Å². The summed E-state index contributed by atoms with van der Waals surface area (Å²) in [6.07, 6.45) is 3.23. The van der Waals surface area contributed by atoms with Crippen LogP contribution in [0.4, 0.5) is 0 Å². The van der Waals surface area contributed by atoms with E-state index in [-0.39, 0.29) is 6.04 Å². The van der Waals surface area contributed by atoms with Crippen LogP contribution < -0.4 is 5.73 Å². The van der Waals surface area contributed by atoms with Crippen molar-refractivity contribution >= 4 is 5.97 Å². The van der Waals surface area contributed by atoms with E-state index in [2.05, 4.69) is 0 Å². The number of rotatable bonds is 2. The van der Waals surface area contributed by atoms with E-state index in [1.165, 1.54) is 0 Å². The second kappa shape index (κ2) is 2.81. The Balaban J connectivity index is 2.82. The van der Waals surface area contributed by atoms with Crippen molar-refractivity contribution in [3.8, 4) is 0 Å². The molecular weight excluding hydrogens is 142 g/mol. The first kappa shape index (κ1) is 8.53. The SMILES string of the molecule is CCC1(C(=O)O)CCCC1N. The van der Waals surface area contributed by atoms with Crippen LogP contribution >= 0.6 is 0 Å². The molecule has 0 bridgehead atoms. The van der Waals surface area contributed by atoms with Crippen molar-refractivity contribution in [3.63, 3.8) is 0 Å². The molecule has 3 nitrogen and oxygen atoms in total. The molecule has 0 heterocycles. The monoisotopic (exact) mass is 157 g/mol. The van der Waals surface area contributed by atoms with Crippen molar-refractivity contribution in [2.24, 2.45) is 11.1 Å². The minimum atomic E-state index is -0.718. The highest BCUT2D eigenvalue weighted by Gasteiger charge is 2.45. The molecule has 2 atom stereocenters. The highest BCUT2D eigenvalue weighted by Crippen LogP contribution is 2.40. The number of carboxylic acid groups (broad SMARTS) is 1. The van der Waals surface area contributed by atoms with Gasteiger partial charge in [0.25, 0.3) is 0 Å². The molecule has 11 heavy (non-hydrogen) atoms. The minimum Gasteiger partial charge on any atom is -0.481 e. The lowest BCUT2D eigenvalue weighted by Crippen LogP contribution is -2.42. The van der Waals surface area contributed by atoms with Crippen molar-refractivity contribution in [2.75, 3.05) is 0 Å². The average Bonchev–Trinajstić information content (AvgIpc) is 2.32. The normalized spacial score (nSPS) is 37.5. The first-order valence-corrected chi connectivity index (χ1v) is 4.12. The molecule has 1 aliphatic rings. The summed E-state index contributed by atoms with van der Waals surface area (Å²) in [4.78, 5) is 10.9. The van der Waals surface area contributed by atoms with E-state index in [0.29, 0.717) is 6.42 Å². The maximum Gasteiger partial charge on any atom is 0.311 e. The van der Waals surface area contributed by atoms with Crippen molar-refractivity contribution in [3.05, 3.63) is 0 Å². The first-order valence-electron chi connectivity index (χ1n) is 4.12. The summed E-state index contributed by atoms with van der Waals surface area (Å²) in [6, 6.07) is -0.134. The van der Waals surface area contributed by atoms with Gasteiger partial charge in [0.1, 0.15) is 0 Å². The summed E-state index contributed by atoms with van der Waals surface area (Å²) in [5.41, 5.74) is 5.13. The zero-order valence-electron chi connectivity index (χ0n) is 6.84. The number of hydrogen-bond acceptors (Lipinski definition) is 2. The van der Waals surface area contributed by atoms with Gasteiger partial charge in [0.15, 0.2) is 0 Å². The molecule has 0 amide bonds. The molecule has 2 unspecified atom stereocenters. The van der Waals surface area contributed by atoms with Gasteiger partial charge in [-0.3, -0.25) is 4.79 Å². The van der Waals surface area contributed by atoms with Gasteiger partial charge >= 0.3 is 5.97 Å². The fourth-order valence-corrected chi connectivity index (χ4v) is 1.95. The van der Waals surface area contributed by atoms with Crippen LogP contribution in [0.5, 0.6) is 0 Å². The van der Waals surface area contributed by atoms with Gasteiger partial charge in [-0.15, -0.1) is 0 Å². The zero-order chi connectivity index (χ0) is 8.48. The van der Waals surface area contributed by atoms with E-state index < -0.39 is 11.4 Å². The number of nitrogens with two attached hydrogens (primary N) is 1. The van der Waals surface area contributed by atoms with Crippen LogP contribution in [0.3, 0.4) is 0 Å². The molecule has 0 spiro atoms. The summed E-state index contributed by atoms with van der Waals surface area (Å²) in [7, 11) is 0. The number of carbonyl (C=O) groups is 1. The quantitative estimate of drug-likeness (QED) is 0.628. The largest absolute Gasteiger partial charge is 0.481 e.